The highest BCUT2D eigenvalue weighted by Crippen LogP contribution is 2.43. The predicted molar refractivity (Wildman–Crippen MR) is 173 cm³/mol. The topological polar surface area (TPSA) is 118 Å². The molecule has 13 heteroatoms. The van der Waals surface area contributed by atoms with E-state index in [1.807, 2.05) is 43.8 Å². The molecule has 2 unspecified atom stereocenters. The van der Waals surface area contributed by atoms with Crippen LogP contribution in [0.5, 0.6) is 0 Å². The summed E-state index contributed by atoms with van der Waals surface area (Å²) in [6, 6.07) is 3.80. The van der Waals surface area contributed by atoms with Crippen molar-refractivity contribution >= 4 is 46.1 Å². The quantitative estimate of drug-likeness (QED) is 0.232. The van der Waals surface area contributed by atoms with Gasteiger partial charge >= 0.3 is 6.09 Å². The maximum Gasteiger partial charge on any atom is 0.407 e. The largest absolute Gasteiger partial charge is 0.444 e. The molecule has 2 aliphatic rings. The molecule has 2 aliphatic heterocycles. The number of halogens is 2. The summed E-state index contributed by atoms with van der Waals surface area (Å²) >= 11 is 13.3. The van der Waals surface area contributed by atoms with Crippen LogP contribution >= 0.6 is 23.2 Å². The lowest BCUT2D eigenvalue weighted by molar-refractivity contribution is -0.123. The Morgan fingerprint density at radius 2 is 1.89 bits per heavy atom. The second-order valence-electron chi connectivity index (χ2n) is 12.4. The summed E-state index contributed by atoms with van der Waals surface area (Å²) in [6.45, 7) is 8.46. The van der Waals surface area contributed by atoms with Crippen LogP contribution < -0.4 is 10.6 Å². The van der Waals surface area contributed by atoms with Crippen molar-refractivity contribution in [3.8, 4) is 11.1 Å². The fourth-order valence-electron chi connectivity index (χ4n) is 5.84. The Morgan fingerprint density at radius 1 is 1.09 bits per heavy atom. The fourth-order valence-corrected chi connectivity index (χ4v) is 6.26. The zero-order valence-corrected chi connectivity index (χ0v) is 27.7. The summed E-state index contributed by atoms with van der Waals surface area (Å²) in [4.78, 5) is 24.4. The van der Waals surface area contributed by atoms with Crippen LogP contribution in [0.1, 0.15) is 64.8 Å². The average Bonchev–Trinajstić information content (AvgIpc) is 3.60. The van der Waals surface area contributed by atoms with Crippen molar-refractivity contribution in [2.45, 2.75) is 83.7 Å². The molecule has 45 heavy (non-hydrogen) atoms. The number of amides is 2. The summed E-state index contributed by atoms with van der Waals surface area (Å²) in [5, 5.41) is 12.5. The Balaban J connectivity index is 1.11. The number of hydrogen-bond donors (Lipinski definition) is 2. The molecule has 0 spiro atoms. The lowest BCUT2D eigenvalue weighted by Gasteiger charge is -2.27. The maximum atomic E-state index is 12.8. The molecule has 1 saturated heterocycles. The van der Waals surface area contributed by atoms with Gasteiger partial charge in [-0.2, -0.15) is 5.10 Å². The predicted octanol–water partition coefficient (Wildman–Crippen LogP) is 5.89. The monoisotopic (exact) mass is 663 g/mol. The molecule has 246 valence electrons. The molecule has 0 radical (unpaired) electrons. The number of fused-ring (bicyclic) bond motifs is 3. The first kappa shape index (κ1) is 33.5. The number of nitrogens with one attached hydrogen (secondary N) is 2. The van der Waals surface area contributed by atoms with E-state index in [1.165, 1.54) is 0 Å². The first-order valence-corrected chi connectivity index (χ1v) is 16.4. The van der Waals surface area contributed by atoms with E-state index in [9.17, 15) is 9.59 Å². The zero-order chi connectivity index (χ0) is 32.0. The molecule has 1 aromatic carbocycles. The summed E-state index contributed by atoms with van der Waals surface area (Å²) < 4.78 is 26.3. The van der Waals surface area contributed by atoms with Crippen molar-refractivity contribution in [3.63, 3.8) is 0 Å². The number of carbonyl (C=O) groups is 2. The van der Waals surface area contributed by atoms with Gasteiger partial charge in [0.2, 0.25) is 5.91 Å². The normalized spacial score (nSPS) is 18.5. The molecule has 3 aromatic rings. The highest BCUT2D eigenvalue weighted by atomic mass is 35.5. The second kappa shape index (κ2) is 15.2. The van der Waals surface area contributed by atoms with Crippen molar-refractivity contribution in [2.24, 2.45) is 0 Å². The zero-order valence-electron chi connectivity index (χ0n) is 26.2. The molecular formula is C32H43Cl2N5O6. The Bertz CT molecular complexity index is 1480. The number of hydrogen-bond acceptors (Lipinski definition) is 7. The van der Waals surface area contributed by atoms with Gasteiger partial charge in [0, 0.05) is 60.6 Å². The number of ether oxygens (including phenoxy) is 4. The van der Waals surface area contributed by atoms with Gasteiger partial charge in [-0.25, -0.2) is 9.48 Å². The molecule has 1 fully saturated rings. The van der Waals surface area contributed by atoms with E-state index < -0.39 is 11.7 Å². The van der Waals surface area contributed by atoms with E-state index >= 15 is 0 Å². The van der Waals surface area contributed by atoms with E-state index in [0.717, 1.165) is 66.4 Å². The van der Waals surface area contributed by atoms with Gasteiger partial charge in [0.05, 0.1) is 48.2 Å². The smallest absolute Gasteiger partial charge is 0.407 e. The average molecular weight is 665 g/mol. The minimum absolute atomic E-state index is 0.0422. The highest BCUT2D eigenvalue weighted by molar-refractivity contribution is 6.45. The van der Waals surface area contributed by atoms with Crippen molar-refractivity contribution in [3.05, 3.63) is 40.3 Å². The van der Waals surface area contributed by atoms with Crippen LogP contribution in [0.15, 0.2) is 24.5 Å². The first-order chi connectivity index (χ1) is 21.6. The van der Waals surface area contributed by atoms with Gasteiger partial charge in [0.15, 0.2) is 0 Å². The van der Waals surface area contributed by atoms with Gasteiger partial charge in [0.1, 0.15) is 11.8 Å². The molecule has 11 nitrogen and oxygen atoms in total. The van der Waals surface area contributed by atoms with Crippen LogP contribution in [-0.4, -0.2) is 77.6 Å². The summed E-state index contributed by atoms with van der Waals surface area (Å²) in [7, 11) is 0. The number of nitrogens with zero attached hydrogens (tertiary/aromatic N) is 3. The van der Waals surface area contributed by atoms with Crippen LogP contribution in [0.25, 0.3) is 22.0 Å². The number of benzene rings is 1. The van der Waals surface area contributed by atoms with Crippen LogP contribution in [0.2, 0.25) is 10.0 Å². The van der Waals surface area contributed by atoms with Gasteiger partial charge < -0.3 is 34.1 Å². The van der Waals surface area contributed by atoms with Crippen LogP contribution in [0.3, 0.4) is 0 Å². The van der Waals surface area contributed by atoms with Gasteiger partial charge in [-0.15, -0.1) is 0 Å². The minimum Gasteiger partial charge on any atom is -0.444 e. The molecule has 2 atom stereocenters. The number of alkyl carbamates (subject to hydrolysis) is 1. The molecule has 0 saturated carbocycles. The first-order valence-electron chi connectivity index (χ1n) is 15.7. The summed E-state index contributed by atoms with van der Waals surface area (Å²) in [6.07, 6.45) is 8.42. The molecule has 0 bridgehead atoms. The molecule has 0 aliphatic carbocycles. The van der Waals surface area contributed by atoms with Gasteiger partial charge in [-0.05, 0) is 58.9 Å². The molecule has 4 heterocycles. The molecule has 5 rings (SSSR count). The SMILES string of the molecule is CC(C)(C)OC(=O)NCCOCCOCCC(=O)NC1CCc2c(-c3cnn(C4CCCCO4)c3)c3ccc(Cl)c(Cl)c3n2C1. The molecule has 2 aromatic heterocycles. The number of rotatable bonds is 12. The van der Waals surface area contributed by atoms with Gasteiger partial charge in [-0.1, -0.05) is 29.3 Å². The Hall–Kier alpha value is -2.83. The molecule has 2 amide bonds. The Morgan fingerprint density at radius 3 is 2.64 bits per heavy atom. The van der Waals surface area contributed by atoms with Crippen molar-refractivity contribution in [2.75, 3.05) is 39.6 Å². The lowest BCUT2D eigenvalue weighted by Crippen LogP contribution is -2.41. The standard InChI is InChI=1S/C32H43Cl2N5O6/c1-32(2,3)45-31(41)35-12-15-43-17-16-42-14-11-26(40)37-22-7-10-25-28(21-18-36-39(19-21)27-6-4-5-13-44-27)23-8-9-24(33)29(34)30(23)38(25)20-22/h8-9,18-19,22,27H,4-7,10-17,20H2,1-3H3,(H,35,41)(H,37,40). The second-order valence-corrected chi connectivity index (χ2v) is 13.2. The third-order valence-electron chi connectivity index (χ3n) is 7.82. The van der Waals surface area contributed by atoms with Crippen molar-refractivity contribution < 1.29 is 28.5 Å². The molecular weight excluding hydrogens is 621 g/mol. The summed E-state index contributed by atoms with van der Waals surface area (Å²) in [5.41, 5.74) is 3.62. The summed E-state index contributed by atoms with van der Waals surface area (Å²) in [5.74, 6) is -0.0690. The maximum absolute atomic E-state index is 12.8. The van der Waals surface area contributed by atoms with Crippen LogP contribution in [0, 0.1) is 0 Å². The van der Waals surface area contributed by atoms with Crippen molar-refractivity contribution in [1.29, 1.82) is 0 Å². The Kier molecular flexibility index (Phi) is 11.3. The highest BCUT2D eigenvalue weighted by Gasteiger charge is 2.29. The fraction of sp³-hybridized carbons (Fsp3) is 0.594. The van der Waals surface area contributed by atoms with Crippen LogP contribution in [0.4, 0.5) is 4.79 Å². The minimum atomic E-state index is -0.538. The van der Waals surface area contributed by atoms with Crippen LogP contribution in [-0.2, 0) is 36.7 Å². The van der Waals surface area contributed by atoms with E-state index in [2.05, 4.69) is 26.5 Å². The lowest BCUT2D eigenvalue weighted by atomic mass is 9.99. The van der Waals surface area contributed by atoms with E-state index in [1.54, 1.807) is 0 Å². The van der Waals surface area contributed by atoms with E-state index in [-0.39, 0.29) is 31.2 Å². The number of aromatic nitrogens is 3. The van der Waals surface area contributed by atoms with E-state index in [0.29, 0.717) is 43.0 Å². The third-order valence-corrected chi connectivity index (χ3v) is 8.62. The van der Waals surface area contributed by atoms with E-state index in [4.69, 9.17) is 42.1 Å². The number of carbonyl (C=O) groups excluding carboxylic acids is 2. The Labute approximate surface area is 273 Å². The van der Waals surface area contributed by atoms with Gasteiger partial charge in [0.25, 0.3) is 0 Å². The van der Waals surface area contributed by atoms with Crippen molar-refractivity contribution in [1.82, 2.24) is 25.0 Å². The van der Waals surface area contributed by atoms with Gasteiger partial charge in [-0.3, -0.25) is 4.79 Å². The third kappa shape index (κ3) is 8.71. The molecule has 2 N–H and O–H groups in total.